The van der Waals surface area contributed by atoms with Crippen LogP contribution in [0.5, 0.6) is 0 Å². The first-order chi connectivity index (χ1) is 9.83. The van der Waals surface area contributed by atoms with Gasteiger partial charge in [-0.1, -0.05) is 26.2 Å². The third kappa shape index (κ3) is 4.57. The lowest BCUT2D eigenvalue weighted by Crippen LogP contribution is -2.44. The Morgan fingerprint density at radius 2 is 1.95 bits per heavy atom. The number of rotatable bonds is 7. The average molecular weight is 275 g/mol. The van der Waals surface area contributed by atoms with Crippen molar-refractivity contribution >= 4 is 0 Å². The minimum Gasteiger partial charge on any atom is -0.315 e. The molecule has 1 aliphatic rings. The molecular formula is C17H29N3. The largest absolute Gasteiger partial charge is 0.315 e. The maximum absolute atomic E-state index is 4.10. The first kappa shape index (κ1) is 15.5. The summed E-state index contributed by atoms with van der Waals surface area (Å²) in [5.41, 5.74) is 1.36. The molecule has 1 aromatic rings. The monoisotopic (exact) mass is 275 g/mol. The number of likely N-dealkylation sites (N-methyl/N-ethyl adjacent to an activating group) is 2. The van der Waals surface area contributed by atoms with Crippen molar-refractivity contribution in [2.75, 3.05) is 20.1 Å². The second-order valence-electron chi connectivity index (χ2n) is 5.98. The lowest BCUT2D eigenvalue weighted by atomic mass is 9.83. The van der Waals surface area contributed by atoms with Gasteiger partial charge in [-0.25, -0.2) is 0 Å². The third-order valence-electron chi connectivity index (χ3n) is 4.65. The van der Waals surface area contributed by atoms with Gasteiger partial charge < -0.3 is 5.32 Å². The number of aromatic nitrogens is 1. The Morgan fingerprint density at radius 1 is 1.25 bits per heavy atom. The molecule has 1 aliphatic carbocycles. The minimum atomic E-state index is 0.636. The summed E-state index contributed by atoms with van der Waals surface area (Å²) in [6, 6.07) is 4.88. The molecule has 3 heteroatoms. The summed E-state index contributed by atoms with van der Waals surface area (Å²) in [5.74, 6) is 0.861. The van der Waals surface area contributed by atoms with Gasteiger partial charge in [0.05, 0.1) is 0 Å². The predicted octanol–water partition coefficient (Wildman–Crippen LogP) is 3.07. The molecule has 1 fully saturated rings. The molecular weight excluding hydrogens is 246 g/mol. The molecule has 1 heterocycles. The summed E-state index contributed by atoms with van der Waals surface area (Å²) in [7, 11) is 2.12. The van der Waals surface area contributed by atoms with E-state index in [0.29, 0.717) is 6.04 Å². The zero-order chi connectivity index (χ0) is 14.2. The van der Waals surface area contributed by atoms with E-state index in [-0.39, 0.29) is 0 Å². The zero-order valence-corrected chi connectivity index (χ0v) is 13.0. The van der Waals surface area contributed by atoms with Gasteiger partial charge in [0, 0.05) is 31.5 Å². The topological polar surface area (TPSA) is 28.2 Å². The molecule has 1 aromatic heterocycles. The highest BCUT2D eigenvalue weighted by atomic mass is 15.1. The van der Waals surface area contributed by atoms with Crippen molar-refractivity contribution in [1.29, 1.82) is 0 Å². The average Bonchev–Trinajstić information content (AvgIpc) is 2.53. The fraction of sp³-hybridized carbons (Fsp3) is 0.706. The van der Waals surface area contributed by atoms with Crippen molar-refractivity contribution in [3.63, 3.8) is 0 Å². The molecule has 0 aromatic carbocycles. The quantitative estimate of drug-likeness (QED) is 0.829. The number of hydrogen-bond donors (Lipinski definition) is 1. The van der Waals surface area contributed by atoms with Crippen LogP contribution in [0, 0.1) is 5.92 Å². The highest BCUT2D eigenvalue weighted by Gasteiger charge is 2.23. The van der Waals surface area contributed by atoms with E-state index < -0.39 is 0 Å². The van der Waals surface area contributed by atoms with Crippen molar-refractivity contribution < 1.29 is 0 Å². The Balaban J connectivity index is 1.89. The van der Waals surface area contributed by atoms with Crippen molar-refractivity contribution in [1.82, 2.24) is 15.2 Å². The first-order valence-electron chi connectivity index (χ1n) is 8.12. The van der Waals surface area contributed by atoms with Gasteiger partial charge in [-0.2, -0.15) is 0 Å². The fourth-order valence-corrected chi connectivity index (χ4v) is 3.34. The highest BCUT2D eigenvalue weighted by Crippen LogP contribution is 2.27. The summed E-state index contributed by atoms with van der Waals surface area (Å²) in [5, 5.41) is 3.57. The van der Waals surface area contributed by atoms with Gasteiger partial charge >= 0.3 is 0 Å². The van der Waals surface area contributed by atoms with E-state index in [1.165, 1.54) is 37.7 Å². The van der Waals surface area contributed by atoms with Crippen LogP contribution in [0.1, 0.15) is 44.6 Å². The summed E-state index contributed by atoms with van der Waals surface area (Å²) < 4.78 is 0. The number of nitrogens with one attached hydrogen (secondary N) is 1. The number of nitrogens with zero attached hydrogens (tertiary/aromatic N) is 2. The van der Waals surface area contributed by atoms with Gasteiger partial charge in [-0.15, -0.1) is 0 Å². The second kappa shape index (κ2) is 8.38. The highest BCUT2D eigenvalue weighted by molar-refractivity contribution is 5.09. The molecule has 0 spiro atoms. The van der Waals surface area contributed by atoms with Crippen LogP contribution in [0.4, 0.5) is 0 Å². The van der Waals surface area contributed by atoms with Crippen molar-refractivity contribution in [2.24, 2.45) is 5.92 Å². The van der Waals surface area contributed by atoms with E-state index in [4.69, 9.17) is 0 Å². The zero-order valence-electron chi connectivity index (χ0n) is 13.0. The summed E-state index contributed by atoms with van der Waals surface area (Å²) in [6.07, 6.45) is 10.8. The van der Waals surface area contributed by atoms with Crippen LogP contribution in [0.25, 0.3) is 0 Å². The lowest BCUT2D eigenvalue weighted by molar-refractivity contribution is 0.189. The Bertz CT molecular complexity index is 360. The molecule has 0 amide bonds. The van der Waals surface area contributed by atoms with E-state index in [0.717, 1.165) is 25.6 Å². The fourth-order valence-electron chi connectivity index (χ4n) is 3.34. The molecule has 3 nitrogen and oxygen atoms in total. The van der Waals surface area contributed by atoms with Gasteiger partial charge in [-0.05, 0) is 50.0 Å². The molecule has 0 bridgehead atoms. The molecule has 1 saturated carbocycles. The SMILES string of the molecule is CCN(Cc1ccncc1)CC(NC)C1CCCCC1. The maximum Gasteiger partial charge on any atom is 0.0271 e. The van der Waals surface area contributed by atoms with Gasteiger partial charge in [0.2, 0.25) is 0 Å². The molecule has 112 valence electrons. The van der Waals surface area contributed by atoms with E-state index in [9.17, 15) is 0 Å². The van der Waals surface area contributed by atoms with Gasteiger partial charge in [0.15, 0.2) is 0 Å². The third-order valence-corrected chi connectivity index (χ3v) is 4.65. The second-order valence-corrected chi connectivity index (χ2v) is 5.98. The molecule has 1 unspecified atom stereocenters. The van der Waals surface area contributed by atoms with Crippen LogP contribution < -0.4 is 5.32 Å². The maximum atomic E-state index is 4.10. The van der Waals surface area contributed by atoms with E-state index in [1.807, 2.05) is 12.4 Å². The van der Waals surface area contributed by atoms with Crippen molar-refractivity contribution in [2.45, 2.75) is 51.6 Å². The van der Waals surface area contributed by atoms with Crippen LogP contribution in [-0.2, 0) is 6.54 Å². The van der Waals surface area contributed by atoms with Crippen LogP contribution >= 0.6 is 0 Å². The van der Waals surface area contributed by atoms with Crippen LogP contribution in [0.2, 0.25) is 0 Å². The molecule has 0 saturated heterocycles. The van der Waals surface area contributed by atoms with Gasteiger partial charge in [-0.3, -0.25) is 9.88 Å². The van der Waals surface area contributed by atoms with Crippen LogP contribution in [0.15, 0.2) is 24.5 Å². The summed E-state index contributed by atoms with van der Waals surface area (Å²) in [4.78, 5) is 6.64. The smallest absolute Gasteiger partial charge is 0.0271 e. The summed E-state index contributed by atoms with van der Waals surface area (Å²) >= 11 is 0. The Hall–Kier alpha value is -0.930. The van der Waals surface area contributed by atoms with E-state index >= 15 is 0 Å². The van der Waals surface area contributed by atoms with E-state index in [1.54, 1.807) is 0 Å². The molecule has 0 radical (unpaired) electrons. The molecule has 1 N–H and O–H groups in total. The first-order valence-corrected chi connectivity index (χ1v) is 8.12. The molecule has 20 heavy (non-hydrogen) atoms. The summed E-state index contributed by atoms with van der Waals surface area (Å²) in [6.45, 7) is 5.55. The normalized spacial score (nSPS) is 18.4. The minimum absolute atomic E-state index is 0.636. The van der Waals surface area contributed by atoms with Gasteiger partial charge in [0.1, 0.15) is 0 Å². The van der Waals surface area contributed by atoms with E-state index in [2.05, 4.69) is 41.3 Å². The number of pyridine rings is 1. The van der Waals surface area contributed by atoms with Crippen molar-refractivity contribution in [3.8, 4) is 0 Å². The molecule has 1 atom stereocenters. The van der Waals surface area contributed by atoms with Crippen LogP contribution in [-0.4, -0.2) is 36.1 Å². The Labute approximate surface area is 123 Å². The lowest BCUT2D eigenvalue weighted by Gasteiger charge is -2.34. The van der Waals surface area contributed by atoms with Gasteiger partial charge in [0.25, 0.3) is 0 Å². The molecule has 0 aliphatic heterocycles. The van der Waals surface area contributed by atoms with Crippen molar-refractivity contribution in [3.05, 3.63) is 30.1 Å². The number of hydrogen-bond acceptors (Lipinski definition) is 3. The Kier molecular flexibility index (Phi) is 6.48. The Morgan fingerprint density at radius 3 is 2.55 bits per heavy atom. The standard InChI is InChI=1S/C17H29N3/c1-3-20(13-15-9-11-19-12-10-15)14-17(18-2)16-7-5-4-6-8-16/h9-12,16-18H,3-8,13-14H2,1-2H3. The molecule has 2 rings (SSSR count). The van der Waals surface area contributed by atoms with Crippen LogP contribution in [0.3, 0.4) is 0 Å². The predicted molar refractivity (Wildman–Crippen MR) is 84.6 cm³/mol.